The molecule has 0 radical (unpaired) electrons. The lowest BCUT2D eigenvalue weighted by Gasteiger charge is -2.03. The summed E-state index contributed by atoms with van der Waals surface area (Å²) >= 11 is 0. The quantitative estimate of drug-likeness (QED) is 0.570. The molecule has 2 aromatic carbocycles. The second kappa shape index (κ2) is 6.17. The smallest absolute Gasteiger partial charge is 0.239 e. The third-order valence-corrected chi connectivity index (χ3v) is 4.51. The van der Waals surface area contributed by atoms with Crippen LogP contribution in [0, 0.1) is 6.92 Å². The van der Waals surface area contributed by atoms with E-state index in [0.29, 0.717) is 6.54 Å². The van der Waals surface area contributed by atoms with Crippen molar-refractivity contribution >= 4 is 27.3 Å². The molecule has 1 N–H and O–H groups in total. The van der Waals surface area contributed by atoms with E-state index in [1.807, 2.05) is 31.2 Å². The summed E-state index contributed by atoms with van der Waals surface area (Å²) in [6.45, 7) is 2.21. The monoisotopic (exact) mass is 329 g/mol. The van der Waals surface area contributed by atoms with Crippen molar-refractivity contribution in [2.45, 2.75) is 18.4 Å². The number of aryl methyl sites for hydroxylation is 1. The van der Waals surface area contributed by atoms with Crippen molar-refractivity contribution in [2.24, 2.45) is 5.10 Å². The molecule has 7 nitrogen and oxygen atoms in total. The molecular formula is C15H15N5O2S. The van der Waals surface area contributed by atoms with E-state index in [9.17, 15) is 8.42 Å². The number of hydrazone groups is 1. The van der Waals surface area contributed by atoms with Gasteiger partial charge in [-0.05, 0) is 31.2 Å². The number of hydrogen-bond acceptors (Lipinski definition) is 5. The normalized spacial score (nSPS) is 12.0. The molecule has 0 saturated heterocycles. The van der Waals surface area contributed by atoms with Crippen molar-refractivity contribution in [3.8, 4) is 0 Å². The van der Waals surface area contributed by atoms with Crippen molar-refractivity contribution < 1.29 is 8.42 Å². The highest BCUT2D eigenvalue weighted by molar-refractivity contribution is 7.89. The number of sulfonamides is 1. The van der Waals surface area contributed by atoms with Crippen molar-refractivity contribution in [1.82, 2.24) is 19.8 Å². The largest absolute Gasteiger partial charge is 0.276 e. The van der Waals surface area contributed by atoms with Crippen LogP contribution in [0.3, 0.4) is 0 Å². The minimum Gasteiger partial charge on any atom is -0.239 e. The number of aromatic nitrogens is 3. The molecule has 0 atom stereocenters. The summed E-state index contributed by atoms with van der Waals surface area (Å²) in [4.78, 5) is 2.36. The van der Waals surface area contributed by atoms with Gasteiger partial charge < -0.3 is 0 Å². The third-order valence-electron chi connectivity index (χ3n) is 3.27. The number of benzene rings is 2. The fourth-order valence-corrected chi connectivity index (χ4v) is 2.86. The predicted octanol–water partition coefficient (Wildman–Crippen LogP) is 1.70. The van der Waals surface area contributed by atoms with Crippen molar-refractivity contribution in [1.29, 1.82) is 0 Å². The summed E-state index contributed by atoms with van der Waals surface area (Å²) < 4.78 is 25.8. The van der Waals surface area contributed by atoms with Crippen LogP contribution in [0.2, 0.25) is 0 Å². The number of fused-ring (bicyclic) bond motifs is 1. The molecule has 8 heteroatoms. The maximum atomic E-state index is 12.1. The van der Waals surface area contributed by atoms with Gasteiger partial charge in [-0.15, -0.1) is 5.10 Å². The molecule has 0 fully saturated rings. The van der Waals surface area contributed by atoms with E-state index in [1.54, 1.807) is 16.8 Å². The molecule has 0 bridgehead atoms. The van der Waals surface area contributed by atoms with Crippen LogP contribution in [0.4, 0.5) is 0 Å². The fourth-order valence-electron chi connectivity index (χ4n) is 2.05. The topological polar surface area (TPSA) is 89.2 Å². The lowest BCUT2D eigenvalue weighted by atomic mass is 10.2. The number of nitrogens with zero attached hydrogens (tertiary/aromatic N) is 4. The van der Waals surface area contributed by atoms with Crippen LogP contribution in [-0.2, 0) is 16.6 Å². The summed E-state index contributed by atoms with van der Waals surface area (Å²) in [5, 5.41) is 11.8. The third kappa shape index (κ3) is 3.37. The van der Waals surface area contributed by atoms with Gasteiger partial charge in [-0.3, -0.25) is 0 Å². The average molecular weight is 329 g/mol. The maximum Gasteiger partial charge on any atom is 0.276 e. The SMILES string of the molecule is Cc1ccc(S(=O)(=O)N/N=C/Cn2nnc3ccccc32)cc1. The summed E-state index contributed by atoms with van der Waals surface area (Å²) in [5.41, 5.74) is 2.63. The molecule has 0 aliphatic heterocycles. The maximum absolute atomic E-state index is 12.1. The molecule has 0 aliphatic rings. The van der Waals surface area contributed by atoms with Gasteiger partial charge in [0.05, 0.1) is 17.0 Å². The Morgan fingerprint density at radius 1 is 1.17 bits per heavy atom. The number of rotatable bonds is 5. The first-order valence-corrected chi connectivity index (χ1v) is 8.43. The van der Waals surface area contributed by atoms with Gasteiger partial charge in [0, 0.05) is 6.21 Å². The van der Waals surface area contributed by atoms with Crippen LogP contribution in [0.15, 0.2) is 58.5 Å². The van der Waals surface area contributed by atoms with Gasteiger partial charge in [-0.25, -0.2) is 9.51 Å². The molecular weight excluding hydrogens is 314 g/mol. The fraction of sp³-hybridized carbons (Fsp3) is 0.133. The zero-order chi connectivity index (χ0) is 16.3. The van der Waals surface area contributed by atoms with E-state index in [1.165, 1.54) is 18.3 Å². The van der Waals surface area contributed by atoms with Crippen molar-refractivity contribution in [3.05, 3.63) is 54.1 Å². The summed E-state index contributed by atoms with van der Waals surface area (Å²) in [5.74, 6) is 0. The summed E-state index contributed by atoms with van der Waals surface area (Å²) in [7, 11) is -3.65. The Hall–Kier alpha value is -2.74. The number of para-hydroxylation sites is 1. The van der Waals surface area contributed by atoms with E-state index >= 15 is 0 Å². The Kier molecular flexibility index (Phi) is 4.07. The van der Waals surface area contributed by atoms with Crippen LogP contribution in [0.5, 0.6) is 0 Å². The molecule has 3 aromatic rings. The van der Waals surface area contributed by atoms with Crippen molar-refractivity contribution in [3.63, 3.8) is 0 Å². The van der Waals surface area contributed by atoms with E-state index in [4.69, 9.17) is 0 Å². The Morgan fingerprint density at radius 2 is 1.91 bits per heavy atom. The van der Waals surface area contributed by atoms with Gasteiger partial charge in [-0.1, -0.05) is 35.0 Å². The van der Waals surface area contributed by atoms with E-state index in [2.05, 4.69) is 20.2 Å². The standard InChI is InChI=1S/C15H15N5O2S/c1-12-6-8-13(9-7-12)23(21,22)19-16-10-11-20-15-5-3-2-4-14(15)17-18-20/h2-10,19H,11H2,1H3/b16-10+. The van der Waals surface area contributed by atoms with E-state index in [0.717, 1.165) is 16.6 Å². The van der Waals surface area contributed by atoms with Gasteiger partial charge in [0.2, 0.25) is 0 Å². The molecule has 23 heavy (non-hydrogen) atoms. The number of nitrogens with one attached hydrogen (secondary N) is 1. The van der Waals surface area contributed by atoms with Gasteiger partial charge >= 0.3 is 0 Å². The first-order valence-electron chi connectivity index (χ1n) is 6.94. The number of hydrogen-bond donors (Lipinski definition) is 1. The predicted molar refractivity (Wildman–Crippen MR) is 87.5 cm³/mol. The van der Waals surface area contributed by atoms with Crippen molar-refractivity contribution in [2.75, 3.05) is 0 Å². The molecule has 0 amide bonds. The molecule has 0 spiro atoms. The molecule has 1 heterocycles. The minimum atomic E-state index is -3.65. The van der Waals surface area contributed by atoms with Crippen LogP contribution in [0.25, 0.3) is 11.0 Å². The lowest BCUT2D eigenvalue weighted by Crippen LogP contribution is -2.18. The van der Waals surface area contributed by atoms with Gasteiger partial charge in [-0.2, -0.15) is 13.5 Å². The highest BCUT2D eigenvalue weighted by atomic mass is 32.2. The second-order valence-corrected chi connectivity index (χ2v) is 6.64. The Labute approximate surface area is 133 Å². The van der Waals surface area contributed by atoms with Crippen LogP contribution < -0.4 is 4.83 Å². The van der Waals surface area contributed by atoms with Crippen LogP contribution in [0.1, 0.15) is 5.56 Å². The molecule has 3 rings (SSSR count). The summed E-state index contributed by atoms with van der Waals surface area (Å²) in [6.07, 6.45) is 1.44. The molecule has 0 saturated carbocycles. The highest BCUT2D eigenvalue weighted by Crippen LogP contribution is 2.10. The zero-order valence-electron chi connectivity index (χ0n) is 12.4. The molecule has 1 aromatic heterocycles. The zero-order valence-corrected chi connectivity index (χ0v) is 13.2. The molecule has 0 unspecified atom stereocenters. The molecule has 0 aliphatic carbocycles. The first kappa shape index (κ1) is 15.2. The first-order chi connectivity index (χ1) is 11.1. The second-order valence-electron chi connectivity index (χ2n) is 4.98. The van der Waals surface area contributed by atoms with Gasteiger partial charge in [0.1, 0.15) is 5.52 Å². The van der Waals surface area contributed by atoms with E-state index < -0.39 is 10.0 Å². The lowest BCUT2D eigenvalue weighted by molar-refractivity contribution is 0.584. The average Bonchev–Trinajstić information content (AvgIpc) is 2.95. The Morgan fingerprint density at radius 3 is 2.70 bits per heavy atom. The van der Waals surface area contributed by atoms with Gasteiger partial charge in [0.15, 0.2) is 0 Å². The molecule has 118 valence electrons. The van der Waals surface area contributed by atoms with Crippen LogP contribution >= 0.6 is 0 Å². The highest BCUT2D eigenvalue weighted by Gasteiger charge is 2.11. The van der Waals surface area contributed by atoms with Crippen LogP contribution in [-0.4, -0.2) is 29.6 Å². The van der Waals surface area contributed by atoms with Gasteiger partial charge in [0.25, 0.3) is 10.0 Å². The Balaban J connectivity index is 1.68. The Bertz CT molecular complexity index is 945. The summed E-state index contributed by atoms with van der Waals surface area (Å²) in [6, 6.07) is 14.1. The minimum absolute atomic E-state index is 0.173. The van der Waals surface area contributed by atoms with E-state index in [-0.39, 0.29) is 4.90 Å².